The van der Waals surface area contributed by atoms with E-state index in [2.05, 4.69) is 96.5 Å². The van der Waals surface area contributed by atoms with Crippen LogP contribution in [0.5, 0.6) is 0 Å². The smallest absolute Gasteiger partial charge is 0.242 e. The zero-order valence-electron chi connectivity index (χ0n) is 36.4. The molecule has 0 aliphatic heterocycles. The van der Waals surface area contributed by atoms with Gasteiger partial charge in [0.1, 0.15) is 11.9 Å². The van der Waals surface area contributed by atoms with Crippen LogP contribution in [-0.4, -0.2) is 30.9 Å². The molecular formula is C47H82FN3O2. The second-order valence-corrected chi connectivity index (χ2v) is 14.3. The Kier molecular flexibility index (Phi) is 33.9. The van der Waals surface area contributed by atoms with Crippen molar-refractivity contribution in [1.82, 2.24) is 16.0 Å². The molecule has 304 valence electrons. The number of hydrogen-bond donors (Lipinski definition) is 3. The monoisotopic (exact) mass is 740 g/mol. The highest BCUT2D eigenvalue weighted by Gasteiger charge is 2.18. The summed E-state index contributed by atoms with van der Waals surface area (Å²) in [6.45, 7) is 26.1. The molecule has 2 atom stereocenters. The summed E-state index contributed by atoms with van der Waals surface area (Å²) in [5, 5.41) is 8.77. The van der Waals surface area contributed by atoms with Crippen LogP contribution in [0.15, 0.2) is 48.2 Å². The molecule has 0 radical (unpaired) electrons. The Bertz CT molecular complexity index is 1240. The van der Waals surface area contributed by atoms with Crippen molar-refractivity contribution >= 4 is 11.8 Å². The highest BCUT2D eigenvalue weighted by molar-refractivity contribution is 5.88. The van der Waals surface area contributed by atoms with E-state index in [0.29, 0.717) is 25.3 Å². The lowest BCUT2D eigenvalue weighted by Crippen LogP contribution is -2.48. The molecule has 53 heavy (non-hydrogen) atoms. The standard InChI is InChI=1S/C26H42FN3O2.C11H16.C7H16.C3H8/c1-6-19(5)15-16-22-20(12-10-14-23(22)27)13-11-17-28-26(32)24(9-4)30-25(31)18-29-21(7-2)8-3;1-4-5-11-7-6-9(2)8-10(11)3;1-3-5-7-6-4-2;1-3-2/h7,10,12,14,19,24,29H,6,8-9,11,13,15-18H2,1-5H3,(H,28,32)(H,30,31);6-8H,4-5H2,1-3H3;3-7H2,1-2H3;3H2,1-2H3/t19-,24?;;;/m1.../s1. The van der Waals surface area contributed by atoms with E-state index in [-0.39, 0.29) is 24.2 Å². The van der Waals surface area contributed by atoms with Crippen molar-refractivity contribution in [2.24, 2.45) is 5.92 Å². The van der Waals surface area contributed by atoms with Gasteiger partial charge in [-0.15, -0.1) is 0 Å². The summed E-state index contributed by atoms with van der Waals surface area (Å²) < 4.78 is 14.4. The molecule has 2 aromatic carbocycles. The van der Waals surface area contributed by atoms with Crippen molar-refractivity contribution in [3.8, 4) is 0 Å². The van der Waals surface area contributed by atoms with Gasteiger partial charge >= 0.3 is 0 Å². The molecule has 0 aromatic heterocycles. The molecule has 0 saturated carbocycles. The summed E-state index contributed by atoms with van der Waals surface area (Å²) in [4.78, 5) is 24.6. The zero-order valence-corrected chi connectivity index (χ0v) is 36.4. The Morgan fingerprint density at radius 3 is 1.96 bits per heavy atom. The van der Waals surface area contributed by atoms with Crippen LogP contribution in [0.1, 0.15) is 174 Å². The van der Waals surface area contributed by atoms with Crippen LogP contribution in [-0.2, 0) is 28.9 Å². The lowest BCUT2D eigenvalue weighted by molar-refractivity contribution is -0.128. The maximum Gasteiger partial charge on any atom is 0.242 e. The topological polar surface area (TPSA) is 70.2 Å². The molecule has 2 amide bonds. The summed E-state index contributed by atoms with van der Waals surface area (Å²) in [6, 6.07) is 11.4. The molecule has 0 bridgehead atoms. The SMILES string of the molecule is CC=C(CC)NCC(=O)NC(CC)C(=O)NCCCc1cccc(F)c1CC[C@H](C)CC.CCC.CCCCCCC.CCCc1ccc(C)cc1C. The molecule has 2 rings (SSSR count). The molecule has 0 heterocycles. The van der Waals surface area contributed by atoms with Crippen molar-refractivity contribution in [3.05, 3.63) is 81.8 Å². The van der Waals surface area contributed by atoms with Gasteiger partial charge in [-0.2, -0.15) is 0 Å². The molecule has 0 spiro atoms. The number of carbonyl (C=O) groups is 2. The molecule has 5 nitrogen and oxygen atoms in total. The summed E-state index contributed by atoms with van der Waals surface area (Å²) in [7, 11) is 0. The van der Waals surface area contributed by atoms with E-state index in [1.165, 1.54) is 74.1 Å². The Labute approximate surface area is 327 Å². The fraction of sp³-hybridized carbons (Fsp3) is 0.660. The number of halogens is 1. The maximum absolute atomic E-state index is 14.4. The number of aryl methyl sites for hydroxylation is 4. The first kappa shape index (κ1) is 52.0. The van der Waals surface area contributed by atoms with Gasteiger partial charge in [0.25, 0.3) is 0 Å². The van der Waals surface area contributed by atoms with E-state index in [1.807, 2.05) is 32.9 Å². The Hall–Kier alpha value is -3.15. The number of unbranched alkanes of at least 4 members (excludes halogenated alkanes) is 4. The van der Waals surface area contributed by atoms with Crippen LogP contribution < -0.4 is 16.0 Å². The largest absolute Gasteiger partial charge is 0.380 e. The van der Waals surface area contributed by atoms with Gasteiger partial charge in [-0.25, -0.2) is 4.39 Å². The number of allylic oxidation sites excluding steroid dienone is 2. The third-order valence-electron chi connectivity index (χ3n) is 9.21. The van der Waals surface area contributed by atoms with Crippen LogP contribution >= 0.6 is 0 Å². The van der Waals surface area contributed by atoms with E-state index in [1.54, 1.807) is 6.07 Å². The Balaban J connectivity index is 0. The molecule has 2 aromatic rings. The number of benzene rings is 2. The van der Waals surface area contributed by atoms with Crippen LogP contribution in [0.2, 0.25) is 0 Å². The number of carbonyl (C=O) groups excluding carboxylic acids is 2. The average Bonchev–Trinajstić information content (AvgIpc) is 3.14. The molecular weight excluding hydrogens is 658 g/mol. The number of nitrogens with one attached hydrogen (secondary N) is 3. The van der Waals surface area contributed by atoms with Gasteiger partial charge < -0.3 is 16.0 Å². The molecule has 3 N–H and O–H groups in total. The highest BCUT2D eigenvalue weighted by Crippen LogP contribution is 2.20. The maximum atomic E-state index is 14.4. The highest BCUT2D eigenvalue weighted by atomic mass is 19.1. The first-order chi connectivity index (χ1) is 25.4. The predicted molar refractivity (Wildman–Crippen MR) is 230 cm³/mol. The van der Waals surface area contributed by atoms with Crippen molar-refractivity contribution in [3.63, 3.8) is 0 Å². The van der Waals surface area contributed by atoms with Crippen molar-refractivity contribution in [1.29, 1.82) is 0 Å². The first-order valence-electron chi connectivity index (χ1n) is 21.2. The minimum absolute atomic E-state index is 0.138. The molecule has 0 fully saturated rings. The van der Waals surface area contributed by atoms with Gasteiger partial charge in [0.2, 0.25) is 11.8 Å². The van der Waals surface area contributed by atoms with Crippen molar-refractivity contribution in [2.45, 2.75) is 185 Å². The minimum atomic E-state index is -0.555. The number of rotatable bonds is 21. The molecule has 0 aliphatic rings. The lowest BCUT2D eigenvalue weighted by Gasteiger charge is -2.18. The minimum Gasteiger partial charge on any atom is -0.380 e. The van der Waals surface area contributed by atoms with E-state index in [4.69, 9.17) is 0 Å². The summed E-state index contributed by atoms with van der Waals surface area (Å²) in [6.07, 6.45) is 18.2. The van der Waals surface area contributed by atoms with Gasteiger partial charge in [0, 0.05) is 12.2 Å². The molecule has 1 unspecified atom stereocenters. The third kappa shape index (κ3) is 26.3. The summed E-state index contributed by atoms with van der Waals surface area (Å²) in [5.74, 6) is 0.0513. The van der Waals surface area contributed by atoms with Gasteiger partial charge in [0.05, 0.1) is 6.54 Å². The predicted octanol–water partition coefficient (Wildman–Crippen LogP) is 12.3. The lowest BCUT2D eigenvalue weighted by atomic mass is 9.94. The number of amides is 2. The van der Waals surface area contributed by atoms with E-state index >= 15 is 0 Å². The summed E-state index contributed by atoms with van der Waals surface area (Å²) in [5.41, 5.74) is 7.12. The Morgan fingerprint density at radius 2 is 1.43 bits per heavy atom. The number of hydrogen-bond acceptors (Lipinski definition) is 3. The molecule has 0 aliphatic carbocycles. The quantitative estimate of drug-likeness (QED) is 0.112. The van der Waals surface area contributed by atoms with Crippen LogP contribution in [0, 0.1) is 25.6 Å². The molecule has 6 heteroatoms. The van der Waals surface area contributed by atoms with Crippen molar-refractivity contribution < 1.29 is 14.0 Å². The third-order valence-corrected chi connectivity index (χ3v) is 9.21. The van der Waals surface area contributed by atoms with Gasteiger partial charge in [-0.3, -0.25) is 9.59 Å². The van der Waals surface area contributed by atoms with Gasteiger partial charge in [0.15, 0.2) is 0 Å². The fourth-order valence-electron chi connectivity index (χ4n) is 5.62. The second kappa shape index (κ2) is 34.6. The normalized spacial score (nSPS) is 11.8. The zero-order chi connectivity index (χ0) is 40.4. The van der Waals surface area contributed by atoms with Crippen molar-refractivity contribution in [2.75, 3.05) is 13.1 Å². The van der Waals surface area contributed by atoms with E-state index < -0.39 is 6.04 Å². The van der Waals surface area contributed by atoms with Crippen LogP contribution in [0.25, 0.3) is 0 Å². The van der Waals surface area contributed by atoms with E-state index in [0.717, 1.165) is 48.9 Å². The van der Waals surface area contributed by atoms with Gasteiger partial charge in [-0.05, 0) is 100.0 Å². The first-order valence-corrected chi connectivity index (χ1v) is 21.2. The fourth-order valence-corrected chi connectivity index (χ4v) is 5.62. The average molecular weight is 740 g/mol. The summed E-state index contributed by atoms with van der Waals surface area (Å²) >= 11 is 0. The van der Waals surface area contributed by atoms with Crippen LogP contribution in [0.4, 0.5) is 4.39 Å². The van der Waals surface area contributed by atoms with Gasteiger partial charge in [-0.1, -0.05) is 156 Å². The van der Waals surface area contributed by atoms with Crippen LogP contribution in [0.3, 0.4) is 0 Å². The second-order valence-electron chi connectivity index (χ2n) is 14.3. The van der Waals surface area contributed by atoms with E-state index in [9.17, 15) is 14.0 Å². The molecule has 0 saturated heterocycles. The Morgan fingerprint density at radius 1 is 0.774 bits per heavy atom.